The number of aromatic nitrogens is 3. The third-order valence-electron chi connectivity index (χ3n) is 5.16. The van der Waals surface area contributed by atoms with Gasteiger partial charge in [0, 0.05) is 25.3 Å². The van der Waals surface area contributed by atoms with Crippen molar-refractivity contribution in [3.63, 3.8) is 0 Å². The van der Waals surface area contributed by atoms with Gasteiger partial charge in [-0.3, -0.25) is 4.72 Å². The van der Waals surface area contributed by atoms with Crippen LogP contribution in [0, 0.1) is 13.8 Å². The molecule has 0 aliphatic heterocycles. The summed E-state index contributed by atoms with van der Waals surface area (Å²) in [6.45, 7) is 5.26. The Bertz CT molecular complexity index is 926. The Morgan fingerprint density at radius 1 is 1.29 bits per heavy atom. The molecule has 0 saturated heterocycles. The van der Waals surface area contributed by atoms with Crippen LogP contribution in [0.15, 0.2) is 21.6 Å². The van der Waals surface area contributed by atoms with E-state index in [1.54, 1.807) is 19.1 Å². The number of aromatic amines is 1. The van der Waals surface area contributed by atoms with E-state index < -0.39 is 0 Å². The van der Waals surface area contributed by atoms with Crippen LogP contribution in [0.2, 0.25) is 0 Å². The molecular formula is C20H27N5O2S. The van der Waals surface area contributed by atoms with Crippen molar-refractivity contribution in [2.75, 3.05) is 25.6 Å². The molecule has 0 atom stereocenters. The van der Waals surface area contributed by atoms with E-state index in [4.69, 9.17) is 14.2 Å². The first kappa shape index (κ1) is 19.3. The zero-order chi connectivity index (χ0) is 19.5. The van der Waals surface area contributed by atoms with Gasteiger partial charge in [-0.2, -0.15) is 0 Å². The fourth-order valence-electron chi connectivity index (χ4n) is 3.75. The molecule has 1 aliphatic carbocycles. The van der Waals surface area contributed by atoms with Crippen molar-refractivity contribution in [2.24, 2.45) is 0 Å². The van der Waals surface area contributed by atoms with E-state index in [2.05, 4.69) is 32.3 Å². The zero-order valence-corrected chi connectivity index (χ0v) is 17.4. The quantitative estimate of drug-likeness (QED) is 0.380. The molecule has 1 aromatic carbocycles. The van der Waals surface area contributed by atoms with Gasteiger partial charge in [0.15, 0.2) is 0 Å². The molecular weight excluding hydrogens is 374 g/mol. The van der Waals surface area contributed by atoms with Gasteiger partial charge in [0.25, 0.3) is 0 Å². The summed E-state index contributed by atoms with van der Waals surface area (Å²) in [5.41, 5.74) is 4.99. The largest absolute Gasteiger partial charge is 0.383 e. The lowest BCUT2D eigenvalue weighted by molar-refractivity contribution is 0.210. The van der Waals surface area contributed by atoms with Crippen molar-refractivity contribution in [2.45, 2.75) is 50.5 Å². The van der Waals surface area contributed by atoms with Gasteiger partial charge in [0.05, 0.1) is 22.7 Å². The highest BCUT2D eigenvalue weighted by molar-refractivity contribution is 7.97. The average molecular weight is 402 g/mol. The van der Waals surface area contributed by atoms with Crippen LogP contribution in [-0.2, 0) is 4.74 Å². The number of benzene rings is 1. The minimum atomic E-state index is 0.570. The zero-order valence-electron chi connectivity index (χ0n) is 16.6. The lowest BCUT2D eigenvalue weighted by Gasteiger charge is -2.12. The van der Waals surface area contributed by atoms with E-state index >= 15 is 0 Å². The number of anilines is 1. The smallest absolute Gasteiger partial charge is 0.201 e. The number of ether oxygens (including phenoxy) is 1. The Balaban J connectivity index is 1.69. The number of imidazole rings is 1. The maximum Gasteiger partial charge on any atom is 0.201 e. The van der Waals surface area contributed by atoms with Crippen molar-refractivity contribution in [3.05, 3.63) is 23.6 Å². The van der Waals surface area contributed by atoms with Gasteiger partial charge in [0.2, 0.25) is 5.95 Å². The third-order valence-corrected chi connectivity index (χ3v) is 6.15. The van der Waals surface area contributed by atoms with Crippen LogP contribution in [0.25, 0.3) is 22.2 Å². The summed E-state index contributed by atoms with van der Waals surface area (Å²) in [6.07, 6.45) is 5.10. The number of nitrogens with zero attached hydrogens (tertiary/aromatic N) is 2. The van der Waals surface area contributed by atoms with Gasteiger partial charge in [-0.1, -0.05) is 18.0 Å². The SMILES string of the molecule is COCCNc1nc2c(SNC3CCCC3)cc(-c3c(C)noc3C)cc2[nH]1. The lowest BCUT2D eigenvalue weighted by atomic mass is 10.0. The van der Waals surface area contributed by atoms with Crippen molar-refractivity contribution in [1.82, 2.24) is 19.8 Å². The van der Waals surface area contributed by atoms with Gasteiger partial charge in [-0.05, 0) is 56.3 Å². The molecule has 1 saturated carbocycles. The molecule has 0 radical (unpaired) electrons. The van der Waals surface area contributed by atoms with Gasteiger partial charge in [-0.15, -0.1) is 0 Å². The highest BCUT2D eigenvalue weighted by Gasteiger charge is 2.19. The Kier molecular flexibility index (Phi) is 5.89. The molecule has 3 aromatic rings. The first-order valence-electron chi connectivity index (χ1n) is 9.78. The van der Waals surface area contributed by atoms with Gasteiger partial charge < -0.3 is 19.6 Å². The summed E-state index contributed by atoms with van der Waals surface area (Å²) >= 11 is 1.68. The fourth-order valence-corrected chi connectivity index (χ4v) is 4.72. The molecule has 0 bridgehead atoms. The van der Waals surface area contributed by atoms with Crippen LogP contribution in [0.1, 0.15) is 37.1 Å². The molecule has 2 heterocycles. The number of methoxy groups -OCH3 is 1. The number of rotatable bonds is 8. The second-order valence-corrected chi connectivity index (χ2v) is 8.16. The summed E-state index contributed by atoms with van der Waals surface area (Å²) in [6, 6.07) is 4.87. The predicted molar refractivity (Wildman–Crippen MR) is 113 cm³/mol. The van der Waals surface area contributed by atoms with Crippen LogP contribution < -0.4 is 10.0 Å². The highest BCUT2D eigenvalue weighted by Crippen LogP contribution is 2.35. The van der Waals surface area contributed by atoms with Gasteiger partial charge in [0.1, 0.15) is 11.3 Å². The molecule has 1 fully saturated rings. The molecule has 28 heavy (non-hydrogen) atoms. The average Bonchev–Trinajstić information content (AvgIpc) is 3.40. The molecule has 0 unspecified atom stereocenters. The fraction of sp³-hybridized carbons (Fsp3) is 0.500. The van der Waals surface area contributed by atoms with E-state index in [0.717, 1.165) is 44.5 Å². The number of hydrogen-bond donors (Lipinski definition) is 3. The molecule has 0 spiro atoms. The molecule has 1 aliphatic rings. The number of H-pyrrole nitrogens is 1. The summed E-state index contributed by atoms with van der Waals surface area (Å²) in [4.78, 5) is 9.28. The van der Waals surface area contributed by atoms with Crippen molar-refractivity contribution in [1.29, 1.82) is 0 Å². The van der Waals surface area contributed by atoms with Crippen molar-refractivity contribution in [3.8, 4) is 11.1 Å². The van der Waals surface area contributed by atoms with E-state index in [9.17, 15) is 0 Å². The maximum absolute atomic E-state index is 5.39. The third kappa shape index (κ3) is 4.04. The first-order valence-corrected chi connectivity index (χ1v) is 10.6. The van der Waals surface area contributed by atoms with Gasteiger partial charge >= 0.3 is 0 Å². The first-order chi connectivity index (χ1) is 13.7. The second kappa shape index (κ2) is 8.55. The number of hydrogen-bond acceptors (Lipinski definition) is 7. The molecule has 2 aromatic heterocycles. The monoisotopic (exact) mass is 401 g/mol. The molecule has 0 amide bonds. The highest BCUT2D eigenvalue weighted by atomic mass is 32.2. The molecule has 150 valence electrons. The van der Waals surface area contributed by atoms with E-state index in [1.165, 1.54) is 25.7 Å². The molecule has 4 rings (SSSR count). The van der Waals surface area contributed by atoms with Crippen LogP contribution in [0.3, 0.4) is 0 Å². The normalized spacial score (nSPS) is 15.0. The molecule has 7 nitrogen and oxygen atoms in total. The van der Waals surface area contributed by atoms with Crippen molar-refractivity contribution < 1.29 is 9.26 Å². The van der Waals surface area contributed by atoms with E-state index in [-0.39, 0.29) is 0 Å². The summed E-state index contributed by atoms with van der Waals surface area (Å²) in [5, 5.41) is 7.40. The number of fused-ring (bicyclic) bond motifs is 1. The predicted octanol–water partition coefficient (Wildman–Crippen LogP) is 4.43. The Morgan fingerprint density at radius 2 is 2.11 bits per heavy atom. The summed E-state index contributed by atoms with van der Waals surface area (Å²) in [7, 11) is 1.69. The van der Waals surface area contributed by atoms with E-state index in [0.29, 0.717) is 19.2 Å². The standard InChI is InChI=1S/C20H27N5O2S/c1-12-18(13(2)27-24-12)14-10-16-19(23-20(22-16)21-8-9-26-3)17(11-14)28-25-15-6-4-5-7-15/h10-11,15,25H,4-9H2,1-3H3,(H2,21,22,23). The Labute approximate surface area is 169 Å². The summed E-state index contributed by atoms with van der Waals surface area (Å²) in [5.74, 6) is 1.58. The maximum atomic E-state index is 5.39. The minimum absolute atomic E-state index is 0.570. The Hall–Kier alpha value is -2.03. The topological polar surface area (TPSA) is 88.0 Å². The second-order valence-electron chi connectivity index (χ2n) is 7.28. The summed E-state index contributed by atoms with van der Waals surface area (Å²) < 4.78 is 14.1. The van der Waals surface area contributed by atoms with E-state index in [1.807, 2.05) is 13.8 Å². The molecule has 3 N–H and O–H groups in total. The van der Waals surface area contributed by atoms with Crippen molar-refractivity contribution >= 4 is 28.9 Å². The minimum Gasteiger partial charge on any atom is -0.383 e. The van der Waals surface area contributed by atoms with Crippen LogP contribution in [-0.4, -0.2) is 41.4 Å². The molecule has 8 heteroatoms. The van der Waals surface area contributed by atoms with Crippen LogP contribution in [0.4, 0.5) is 5.95 Å². The Morgan fingerprint density at radius 3 is 2.82 bits per heavy atom. The van der Waals surface area contributed by atoms with Gasteiger partial charge in [-0.25, -0.2) is 4.98 Å². The van der Waals surface area contributed by atoms with Crippen LogP contribution in [0.5, 0.6) is 0 Å². The number of nitrogens with one attached hydrogen (secondary N) is 3. The lowest BCUT2D eigenvalue weighted by Crippen LogP contribution is -2.18. The number of aryl methyl sites for hydroxylation is 2. The van der Waals surface area contributed by atoms with Crippen LogP contribution >= 0.6 is 11.9 Å².